The van der Waals surface area contributed by atoms with Gasteiger partial charge in [-0.2, -0.15) is 0 Å². The number of piperidine rings is 2. The number of pyridine rings is 4. The van der Waals surface area contributed by atoms with Crippen molar-refractivity contribution < 1.29 is 13.9 Å². The molecule has 8 heterocycles. The average Bonchev–Trinajstić information content (AvgIpc) is 3.79. The number of hydrogen-bond acceptors (Lipinski definition) is 13. The zero-order chi connectivity index (χ0) is 38.9. The third-order valence-corrected chi connectivity index (χ3v) is 10.6. The van der Waals surface area contributed by atoms with Crippen molar-refractivity contribution in [2.45, 2.75) is 57.4 Å². The van der Waals surface area contributed by atoms with Gasteiger partial charge < -0.3 is 43.9 Å². The maximum Gasteiger partial charge on any atom is 0.251 e. The van der Waals surface area contributed by atoms with Crippen molar-refractivity contribution in [3.05, 3.63) is 106 Å². The first-order valence-electron chi connectivity index (χ1n) is 19.2. The highest BCUT2D eigenvalue weighted by molar-refractivity contribution is 5.76. The lowest BCUT2D eigenvalue weighted by molar-refractivity contribution is 0.191. The molecule has 0 bridgehead atoms. The summed E-state index contributed by atoms with van der Waals surface area (Å²) in [6, 6.07) is 14.9. The number of likely N-dealkylation sites (tertiary alicyclic amines) is 2. The molecule has 0 aromatic carbocycles. The highest BCUT2D eigenvalue weighted by Crippen LogP contribution is 2.20. The van der Waals surface area contributed by atoms with Gasteiger partial charge in [-0.3, -0.25) is 24.5 Å². The van der Waals surface area contributed by atoms with Gasteiger partial charge in [0.05, 0.1) is 66.8 Å². The Morgan fingerprint density at radius 1 is 0.750 bits per heavy atom. The van der Waals surface area contributed by atoms with Gasteiger partial charge in [-0.05, 0) is 76.1 Å². The molecular weight excluding hydrogens is 713 g/mol. The largest absolute Gasteiger partial charge is 0.495 e. The van der Waals surface area contributed by atoms with E-state index in [0.717, 1.165) is 104 Å². The van der Waals surface area contributed by atoms with Crippen LogP contribution in [-0.2, 0) is 19.6 Å². The number of hydrogen-bond donors (Lipinski definition) is 2. The number of fused-ring (bicyclic) bond motifs is 2. The number of nitrogens with zero attached hydrogens (tertiary/aromatic N) is 8. The fourth-order valence-electron chi connectivity index (χ4n) is 7.29. The number of ether oxygens (including phenoxy) is 2. The van der Waals surface area contributed by atoms with Crippen molar-refractivity contribution in [2.24, 2.45) is 5.73 Å². The Kier molecular flexibility index (Phi) is 12.8. The summed E-state index contributed by atoms with van der Waals surface area (Å²) in [6.07, 6.45) is 12.6. The minimum absolute atomic E-state index is 0.00346. The van der Waals surface area contributed by atoms with Crippen molar-refractivity contribution in [3.63, 3.8) is 0 Å². The van der Waals surface area contributed by atoms with E-state index in [1.807, 2.05) is 24.3 Å². The SMILES string of the molecule is COc1cnc2ccc(=O)n(CCN3CCC(N)CC3)c2c1.COc1cnc2ccc(=O)n(CCN3CCC(NCc4cncc(-c5ccco5)n4)CC3)c2c1. The van der Waals surface area contributed by atoms with Crippen molar-refractivity contribution in [3.8, 4) is 23.0 Å². The average molecular weight is 763 g/mol. The van der Waals surface area contributed by atoms with E-state index in [2.05, 4.69) is 35.1 Å². The third kappa shape index (κ3) is 9.66. The molecule has 15 heteroatoms. The first-order chi connectivity index (χ1) is 27.4. The monoisotopic (exact) mass is 762 g/mol. The van der Waals surface area contributed by atoms with Crippen LogP contribution in [0.25, 0.3) is 33.5 Å². The van der Waals surface area contributed by atoms with Crippen LogP contribution in [0.15, 0.2) is 93.6 Å². The highest BCUT2D eigenvalue weighted by atomic mass is 16.5. The van der Waals surface area contributed by atoms with E-state index in [4.69, 9.17) is 19.6 Å². The summed E-state index contributed by atoms with van der Waals surface area (Å²) in [5, 5.41) is 3.61. The van der Waals surface area contributed by atoms with Gasteiger partial charge in [0, 0.05) is 75.3 Å². The summed E-state index contributed by atoms with van der Waals surface area (Å²) in [5.74, 6) is 2.04. The first kappa shape index (κ1) is 38.8. The molecule has 0 spiro atoms. The van der Waals surface area contributed by atoms with Crippen LogP contribution < -0.4 is 31.6 Å². The summed E-state index contributed by atoms with van der Waals surface area (Å²) in [6.45, 7) is 7.59. The summed E-state index contributed by atoms with van der Waals surface area (Å²) in [7, 11) is 3.21. The van der Waals surface area contributed by atoms with Crippen LogP contribution in [0.3, 0.4) is 0 Å². The van der Waals surface area contributed by atoms with Crippen LogP contribution in [0.2, 0.25) is 0 Å². The summed E-state index contributed by atoms with van der Waals surface area (Å²) < 4.78 is 19.5. The fourth-order valence-corrected chi connectivity index (χ4v) is 7.29. The van der Waals surface area contributed by atoms with Crippen LogP contribution in [0, 0.1) is 0 Å². The number of aromatic nitrogens is 6. The lowest BCUT2D eigenvalue weighted by Crippen LogP contribution is -2.43. The topological polar surface area (TPSA) is 172 Å². The Balaban J connectivity index is 0.000000189. The summed E-state index contributed by atoms with van der Waals surface area (Å²) in [4.78, 5) is 47.2. The van der Waals surface area contributed by atoms with Gasteiger partial charge in [-0.1, -0.05) is 0 Å². The predicted octanol–water partition coefficient (Wildman–Crippen LogP) is 3.54. The minimum Gasteiger partial charge on any atom is -0.495 e. The van der Waals surface area contributed by atoms with E-state index in [9.17, 15) is 9.59 Å². The smallest absolute Gasteiger partial charge is 0.251 e. The molecule has 2 aliphatic rings. The standard InChI is InChI=1S/C25H28N6O3.C16H22N4O2/c1-33-20-13-23-21(28-16-20)4-5-25(32)31(23)11-10-30-8-6-18(7-9-30)27-15-19-14-26-17-22(29-19)24-3-2-12-34-24;1-22-13-10-15-14(18-11-13)2-3-16(21)20(15)9-8-19-6-4-12(17)5-7-19/h2-5,12-14,16-18,27H,6-11,15H2,1H3;2-3,10-12H,4-9,17H2,1H3. The van der Waals surface area contributed by atoms with E-state index in [0.29, 0.717) is 43.2 Å². The van der Waals surface area contributed by atoms with Gasteiger partial charge in [0.1, 0.15) is 17.2 Å². The second-order valence-electron chi connectivity index (χ2n) is 14.3. The molecule has 2 aliphatic heterocycles. The molecule has 0 atom stereocenters. The molecule has 3 N–H and O–H groups in total. The lowest BCUT2D eigenvalue weighted by atomic mass is 10.0. The number of furan rings is 1. The van der Waals surface area contributed by atoms with Crippen LogP contribution >= 0.6 is 0 Å². The number of nitrogens with two attached hydrogens (primary N) is 1. The van der Waals surface area contributed by atoms with Gasteiger partial charge in [0.25, 0.3) is 11.1 Å². The van der Waals surface area contributed by atoms with Crippen LogP contribution in [0.5, 0.6) is 11.5 Å². The maximum atomic E-state index is 12.5. The fraction of sp³-hybridized carbons (Fsp3) is 0.415. The Hall–Kier alpha value is -5.48. The quantitative estimate of drug-likeness (QED) is 0.186. The second-order valence-corrected chi connectivity index (χ2v) is 14.3. The van der Waals surface area contributed by atoms with Crippen LogP contribution in [-0.4, -0.2) is 104 Å². The Morgan fingerprint density at radius 3 is 1.86 bits per heavy atom. The molecule has 294 valence electrons. The molecule has 0 radical (unpaired) electrons. The molecule has 15 nitrogen and oxygen atoms in total. The second kappa shape index (κ2) is 18.4. The molecule has 0 aliphatic carbocycles. The predicted molar refractivity (Wildman–Crippen MR) is 215 cm³/mol. The molecule has 8 rings (SSSR count). The van der Waals surface area contributed by atoms with Gasteiger partial charge in [0.2, 0.25) is 0 Å². The van der Waals surface area contributed by atoms with Crippen molar-refractivity contribution >= 4 is 22.1 Å². The van der Waals surface area contributed by atoms with Crippen molar-refractivity contribution in [1.82, 2.24) is 44.2 Å². The highest BCUT2D eigenvalue weighted by Gasteiger charge is 2.20. The van der Waals surface area contributed by atoms with Crippen molar-refractivity contribution in [2.75, 3.05) is 53.5 Å². The number of rotatable bonds is 12. The van der Waals surface area contributed by atoms with E-state index in [1.165, 1.54) is 0 Å². The summed E-state index contributed by atoms with van der Waals surface area (Å²) in [5.41, 5.74) is 10.8. The van der Waals surface area contributed by atoms with E-state index < -0.39 is 0 Å². The zero-order valence-electron chi connectivity index (χ0n) is 32.0. The van der Waals surface area contributed by atoms with E-state index >= 15 is 0 Å². The number of nitrogens with one attached hydrogen (secondary N) is 1. The summed E-state index contributed by atoms with van der Waals surface area (Å²) >= 11 is 0. The van der Waals surface area contributed by atoms with Crippen molar-refractivity contribution in [1.29, 1.82) is 0 Å². The van der Waals surface area contributed by atoms with Gasteiger partial charge in [0.15, 0.2) is 5.76 Å². The molecule has 6 aromatic rings. The number of methoxy groups -OCH3 is 2. The molecule has 0 amide bonds. The molecule has 0 unspecified atom stereocenters. The third-order valence-electron chi connectivity index (χ3n) is 10.6. The van der Waals surface area contributed by atoms with Gasteiger partial charge >= 0.3 is 0 Å². The van der Waals surface area contributed by atoms with Gasteiger partial charge in [-0.25, -0.2) is 4.98 Å². The first-order valence-corrected chi connectivity index (χ1v) is 19.2. The molecule has 6 aromatic heterocycles. The Bertz CT molecular complexity index is 2310. The van der Waals surface area contributed by atoms with E-state index in [1.54, 1.807) is 78.7 Å². The molecule has 0 saturated carbocycles. The Labute approximate surface area is 325 Å². The molecule has 2 saturated heterocycles. The lowest BCUT2D eigenvalue weighted by Gasteiger charge is -2.32. The molecule has 56 heavy (non-hydrogen) atoms. The Morgan fingerprint density at radius 2 is 1.32 bits per heavy atom. The maximum absolute atomic E-state index is 12.5. The zero-order valence-corrected chi connectivity index (χ0v) is 32.0. The molecule has 2 fully saturated rings. The van der Waals surface area contributed by atoms with Crippen LogP contribution in [0.4, 0.5) is 0 Å². The normalized spacial score (nSPS) is 15.8. The molecular formula is C41H50N10O5. The van der Waals surface area contributed by atoms with E-state index in [-0.39, 0.29) is 11.1 Å². The van der Waals surface area contributed by atoms with Crippen LogP contribution in [0.1, 0.15) is 31.4 Å². The minimum atomic E-state index is -0.0167. The van der Waals surface area contributed by atoms with Gasteiger partial charge in [-0.15, -0.1) is 0 Å².